The van der Waals surface area contributed by atoms with Gasteiger partial charge < -0.3 is 23.7 Å². The summed E-state index contributed by atoms with van der Waals surface area (Å²) < 4.78 is 100. The van der Waals surface area contributed by atoms with Gasteiger partial charge in [0.1, 0.15) is 24.0 Å². The first kappa shape index (κ1) is 27.6. The molecule has 4 aromatic heterocycles. The number of anilines is 4. The van der Waals surface area contributed by atoms with Crippen molar-refractivity contribution in [3.8, 4) is 28.4 Å². The summed E-state index contributed by atoms with van der Waals surface area (Å²) in [5, 5.41) is 3.80. The standard InChI is InChI=1S/C57H42N6O/c1-36-30-54(58-34-47(36)37-16-5-4-6-17-37)63-50-25-12-9-20-41(50)44-29-28-40(32-53(44)63)64-39-19-15-18-38(31-39)61-35-62(52-27-14-13-26-51(52)61)57-55-45(42-21-7-10-23-48(42)59(55)2)33-46-43-22-8-11-24-49(43)60(3)56(46)57/h4-34H,35H2,1-3H3/i2D3,3D3,9D,12D,20D,25D. The van der Waals surface area contributed by atoms with E-state index in [9.17, 15) is 0 Å². The topological polar surface area (TPSA) is 43.4 Å². The molecule has 0 bridgehead atoms. The van der Waals surface area contributed by atoms with Crippen molar-refractivity contribution in [3.05, 3.63) is 194 Å². The van der Waals surface area contributed by atoms with Gasteiger partial charge in [0.05, 0.1) is 44.6 Å². The summed E-state index contributed by atoms with van der Waals surface area (Å²) in [6.45, 7) is -3.13. The molecule has 306 valence electrons. The Morgan fingerprint density at radius 1 is 0.547 bits per heavy atom. The highest BCUT2D eigenvalue weighted by Crippen LogP contribution is 2.51. The number of fused-ring (bicyclic) bond motifs is 10. The lowest BCUT2D eigenvalue weighted by molar-refractivity contribution is 0.483. The van der Waals surface area contributed by atoms with Gasteiger partial charge in [-0.15, -0.1) is 0 Å². The number of nitrogens with zero attached hydrogens (tertiary/aromatic N) is 6. The van der Waals surface area contributed by atoms with Gasteiger partial charge in [0, 0.05) is 95.1 Å². The van der Waals surface area contributed by atoms with Crippen LogP contribution in [0.2, 0.25) is 0 Å². The molecule has 0 saturated heterocycles. The molecule has 0 spiro atoms. The van der Waals surface area contributed by atoms with E-state index in [1.807, 2.05) is 151 Å². The molecule has 0 atom stereocenters. The van der Waals surface area contributed by atoms with Crippen LogP contribution in [0.15, 0.2) is 188 Å². The monoisotopic (exact) mass is 836 g/mol. The van der Waals surface area contributed by atoms with E-state index in [2.05, 4.69) is 4.90 Å². The zero-order chi connectivity index (χ0) is 51.1. The van der Waals surface area contributed by atoms with E-state index in [4.69, 9.17) is 23.4 Å². The molecule has 0 aliphatic carbocycles. The molecule has 5 heterocycles. The Kier molecular flexibility index (Phi) is 5.98. The lowest BCUT2D eigenvalue weighted by atomic mass is 10.0. The van der Waals surface area contributed by atoms with Crippen molar-refractivity contribution in [1.29, 1.82) is 0 Å². The van der Waals surface area contributed by atoms with Gasteiger partial charge in [-0.2, -0.15) is 0 Å². The average Bonchev–Trinajstić information content (AvgIpc) is 4.14. The molecule has 0 saturated carbocycles. The molecule has 0 unspecified atom stereocenters. The molecule has 13 rings (SSSR count). The summed E-state index contributed by atoms with van der Waals surface area (Å²) in [5.74, 6) is 1.41. The van der Waals surface area contributed by atoms with Gasteiger partial charge in [0.15, 0.2) is 0 Å². The van der Waals surface area contributed by atoms with Crippen LogP contribution in [0.3, 0.4) is 0 Å². The van der Waals surface area contributed by atoms with E-state index in [1.54, 1.807) is 29.0 Å². The quantitative estimate of drug-likeness (QED) is 0.167. The molecule has 12 aromatic rings. The summed E-state index contributed by atoms with van der Waals surface area (Å²) in [7, 11) is 0. The number of para-hydroxylation sites is 5. The summed E-state index contributed by atoms with van der Waals surface area (Å²) in [4.78, 5) is 9.00. The fourth-order valence-electron chi connectivity index (χ4n) is 9.86. The summed E-state index contributed by atoms with van der Waals surface area (Å²) in [6, 6.07) is 48.4. The fourth-order valence-corrected chi connectivity index (χ4v) is 9.86. The van der Waals surface area contributed by atoms with Crippen molar-refractivity contribution in [2.45, 2.75) is 6.92 Å². The number of pyridine rings is 1. The highest BCUT2D eigenvalue weighted by molar-refractivity contribution is 6.25. The minimum atomic E-state index is -2.65. The average molecular weight is 837 g/mol. The number of rotatable bonds is 6. The second-order valence-electron chi connectivity index (χ2n) is 16.3. The lowest BCUT2D eigenvalue weighted by Gasteiger charge is -2.25. The number of hydrogen-bond donors (Lipinski definition) is 0. The van der Waals surface area contributed by atoms with Gasteiger partial charge in [-0.1, -0.05) is 103 Å². The van der Waals surface area contributed by atoms with Gasteiger partial charge in [-0.05, 0) is 84.8 Å². The Bertz CT molecular complexity index is 4220. The van der Waals surface area contributed by atoms with Crippen LogP contribution < -0.4 is 14.5 Å². The Balaban J connectivity index is 0.956. The van der Waals surface area contributed by atoms with Crippen LogP contribution in [0, 0.1) is 6.92 Å². The second-order valence-corrected chi connectivity index (χ2v) is 16.3. The third-order valence-electron chi connectivity index (χ3n) is 12.7. The second kappa shape index (κ2) is 13.9. The number of aromatic nitrogens is 4. The van der Waals surface area contributed by atoms with Crippen LogP contribution in [-0.2, 0) is 14.0 Å². The van der Waals surface area contributed by atoms with Crippen LogP contribution in [0.4, 0.5) is 22.7 Å². The molecule has 7 nitrogen and oxygen atoms in total. The highest BCUT2D eigenvalue weighted by atomic mass is 16.5. The van der Waals surface area contributed by atoms with E-state index in [0.29, 0.717) is 77.6 Å². The molecule has 0 N–H and O–H groups in total. The smallest absolute Gasteiger partial charge is 0.137 e. The minimum absolute atomic E-state index is 0.152. The normalized spacial score (nSPS) is 15.5. The third-order valence-corrected chi connectivity index (χ3v) is 12.7. The minimum Gasteiger partial charge on any atom is -0.457 e. The van der Waals surface area contributed by atoms with Crippen molar-refractivity contribution in [2.24, 2.45) is 14.0 Å². The maximum Gasteiger partial charge on any atom is 0.137 e. The Hall–Kier alpha value is -8.29. The first-order chi connectivity index (χ1) is 35.6. The first-order valence-corrected chi connectivity index (χ1v) is 21.1. The van der Waals surface area contributed by atoms with Crippen molar-refractivity contribution in [3.63, 3.8) is 0 Å². The largest absolute Gasteiger partial charge is 0.457 e. The predicted octanol–water partition coefficient (Wildman–Crippen LogP) is 14.5. The van der Waals surface area contributed by atoms with Gasteiger partial charge in [-0.25, -0.2) is 4.98 Å². The molecule has 0 radical (unpaired) electrons. The van der Waals surface area contributed by atoms with Crippen LogP contribution in [0.1, 0.15) is 19.3 Å². The van der Waals surface area contributed by atoms with Crippen LogP contribution in [0.25, 0.3) is 82.4 Å². The molecular weight excluding hydrogens is 785 g/mol. The highest BCUT2D eigenvalue weighted by Gasteiger charge is 2.33. The van der Waals surface area contributed by atoms with Crippen molar-refractivity contribution >= 4 is 88.2 Å². The van der Waals surface area contributed by atoms with E-state index in [0.717, 1.165) is 44.5 Å². The van der Waals surface area contributed by atoms with Crippen molar-refractivity contribution < 1.29 is 18.4 Å². The molecule has 64 heavy (non-hydrogen) atoms. The summed E-state index contributed by atoms with van der Waals surface area (Å²) in [6.07, 6.45) is 1.79. The molecule has 8 aromatic carbocycles. The van der Waals surface area contributed by atoms with Crippen LogP contribution in [-0.4, -0.2) is 25.4 Å². The van der Waals surface area contributed by atoms with Gasteiger partial charge in [0.25, 0.3) is 0 Å². The van der Waals surface area contributed by atoms with Crippen molar-refractivity contribution in [2.75, 3.05) is 16.5 Å². The maximum atomic E-state index is 9.11. The van der Waals surface area contributed by atoms with Gasteiger partial charge in [0.2, 0.25) is 0 Å². The molecule has 0 fully saturated rings. The Labute approximate surface area is 383 Å². The van der Waals surface area contributed by atoms with E-state index < -0.39 is 14.0 Å². The Morgan fingerprint density at radius 2 is 1.20 bits per heavy atom. The molecule has 0 amide bonds. The third kappa shape index (κ3) is 5.31. The van der Waals surface area contributed by atoms with Gasteiger partial charge in [-0.3, -0.25) is 4.57 Å². The number of hydrogen-bond acceptors (Lipinski definition) is 4. The van der Waals surface area contributed by atoms with E-state index >= 15 is 0 Å². The molecule has 1 aliphatic rings. The summed E-state index contributed by atoms with van der Waals surface area (Å²) in [5.41, 5.74) is 8.26. The number of benzene rings is 8. The first-order valence-electron chi connectivity index (χ1n) is 26.1. The fraction of sp³-hybridized carbons (Fsp3) is 0.0702. The number of ether oxygens (including phenoxy) is 1. The predicted molar refractivity (Wildman–Crippen MR) is 265 cm³/mol. The zero-order valence-electron chi connectivity index (χ0n) is 44.4. The SMILES string of the molecule is [2H]c1c([2H])c([2H])c2c(c1[2H])c1ccc(Oc3cccc(N4CN(c5c6c(cc7c8ccccc8n(C([2H])([2H])[2H])c57)c5ccccc5n6C([2H])([2H])[2H])c5ccccc54)c3)cc1n2-c1cc(C)c(-c2ccccc2)cn1. The Morgan fingerprint density at radius 3 is 1.94 bits per heavy atom. The lowest BCUT2D eigenvalue weighted by Crippen LogP contribution is -2.25. The maximum absolute atomic E-state index is 9.11. The molecule has 7 heteroatoms. The van der Waals surface area contributed by atoms with Crippen molar-refractivity contribution in [1.82, 2.24) is 18.7 Å². The zero-order valence-corrected chi connectivity index (χ0v) is 34.4. The molecular formula is C57H42N6O. The molecule has 1 aliphatic heterocycles. The summed E-state index contributed by atoms with van der Waals surface area (Å²) >= 11 is 0. The van der Waals surface area contributed by atoms with Crippen LogP contribution in [0.5, 0.6) is 11.5 Å². The van der Waals surface area contributed by atoms with E-state index in [-0.39, 0.29) is 30.8 Å². The van der Waals surface area contributed by atoms with Gasteiger partial charge >= 0.3 is 0 Å². The number of aryl methyl sites for hydroxylation is 3. The van der Waals surface area contributed by atoms with E-state index in [1.165, 1.54) is 9.13 Å². The van der Waals surface area contributed by atoms with Crippen LogP contribution >= 0.6 is 0 Å².